The second-order valence-corrected chi connectivity index (χ2v) is 7.40. The monoisotopic (exact) mass is 482 g/mol. The van der Waals surface area contributed by atoms with Gasteiger partial charge in [-0.15, -0.1) is 0 Å². The summed E-state index contributed by atoms with van der Waals surface area (Å²) in [7, 11) is 1.58. The van der Waals surface area contributed by atoms with Gasteiger partial charge < -0.3 is 14.2 Å². The number of halogens is 1. The lowest BCUT2D eigenvalue weighted by Gasteiger charge is -2.11. The van der Waals surface area contributed by atoms with Crippen LogP contribution < -0.4 is 19.6 Å². The molecule has 0 aliphatic carbocycles. The molecule has 0 spiro atoms. The van der Waals surface area contributed by atoms with Crippen LogP contribution in [-0.2, 0) is 6.61 Å². The van der Waals surface area contributed by atoms with E-state index in [0.717, 1.165) is 21.3 Å². The SMILES string of the molecule is CCOc1ccc(C(=O)N/N=C/c2ccc(OCc3ccc(Br)cc3)c(OC)c2)cc1. The van der Waals surface area contributed by atoms with E-state index < -0.39 is 0 Å². The Morgan fingerprint density at radius 3 is 2.42 bits per heavy atom. The first-order valence-electron chi connectivity index (χ1n) is 9.70. The van der Waals surface area contributed by atoms with E-state index in [1.807, 2.05) is 43.3 Å². The third kappa shape index (κ3) is 6.58. The number of hydrazone groups is 1. The van der Waals surface area contributed by atoms with Crippen molar-refractivity contribution in [3.05, 3.63) is 87.9 Å². The Bertz CT molecular complexity index is 1030. The van der Waals surface area contributed by atoms with Gasteiger partial charge in [-0.25, -0.2) is 5.43 Å². The fourth-order valence-electron chi connectivity index (χ4n) is 2.72. The zero-order valence-corrected chi connectivity index (χ0v) is 18.9. The zero-order chi connectivity index (χ0) is 22.1. The minimum absolute atomic E-state index is 0.305. The summed E-state index contributed by atoms with van der Waals surface area (Å²) in [6, 6.07) is 20.2. The molecule has 0 aliphatic rings. The van der Waals surface area contributed by atoms with Crippen molar-refractivity contribution in [1.82, 2.24) is 5.43 Å². The molecule has 1 N–H and O–H groups in total. The first-order valence-corrected chi connectivity index (χ1v) is 10.5. The smallest absolute Gasteiger partial charge is 0.271 e. The highest BCUT2D eigenvalue weighted by molar-refractivity contribution is 9.10. The number of nitrogens with zero attached hydrogens (tertiary/aromatic N) is 1. The Hall–Kier alpha value is -3.32. The van der Waals surface area contributed by atoms with Crippen LogP contribution in [0, 0.1) is 0 Å². The fourth-order valence-corrected chi connectivity index (χ4v) is 2.99. The van der Waals surface area contributed by atoms with E-state index in [0.29, 0.717) is 30.3 Å². The number of carbonyl (C=O) groups excluding carboxylic acids is 1. The van der Waals surface area contributed by atoms with Gasteiger partial charge in [0.25, 0.3) is 5.91 Å². The molecule has 3 rings (SSSR count). The van der Waals surface area contributed by atoms with Gasteiger partial charge in [-0.1, -0.05) is 28.1 Å². The molecular weight excluding hydrogens is 460 g/mol. The van der Waals surface area contributed by atoms with E-state index in [4.69, 9.17) is 14.2 Å². The predicted octanol–water partition coefficient (Wildman–Crippen LogP) is 5.20. The molecule has 160 valence electrons. The molecule has 0 aromatic heterocycles. The number of methoxy groups -OCH3 is 1. The summed E-state index contributed by atoms with van der Waals surface area (Å²) >= 11 is 3.42. The topological polar surface area (TPSA) is 69.2 Å². The highest BCUT2D eigenvalue weighted by Crippen LogP contribution is 2.28. The van der Waals surface area contributed by atoms with E-state index in [1.165, 1.54) is 0 Å². The Morgan fingerprint density at radius 2 is 1.74 bits per heavy atom. The van der Waals surface area contributed by atoms with Crippen LogP contribution in [0.3, 0.4) is 0 Å². The van der Waals surface area contributed by atoms with Crippen molar-refractivity contribution < 1.29 is 19.0 Å². The second-order valence-electron chi connectivity index (χ2n) is 6.48. The Balaban J connectivity index is 1.58. The molecule has 0 heterocycles. The summed E-state index contributed by atoms with van der Waals surface area (Å²) in [4.78, 5) is 12.2. The van der Waals surface area contributed by atoms with Crippen molar-refractivity contribution in [3.63, 3.8) is 0 Å². The molecule has 6 nitrogen and oxygen atoms in total. The number of carbonyl (C=O) groups is 1. The van der Waals surface area contributed by atoms with E-state index in [9.17, 15) is 4.79 Å². The highest BCUT2D eigenvalue weighted by atomic mass is 79.9. The number of hydrogen-bond acceptors (Lipinski definition) is 5. The lowest BCUT2D eigenvalue weighted by atomic mass is 10.2. The van der Waals surface area contributed by atoms with Crippen molar-refractivity contribution in [2.75, 3.05) is 13.7 Å². The van der Waals surface area contributed by atoms with Crippen LogP contribution in [0.5, 0.6) is 17.2 Å². The number of benzene rings is 3. The lowest BCUT2D eigenvalue weighted by molar-refractivity contribution is 0.0955. The third-order valence-electron chi connectivity index (χ3n) is 4.30. The largest absolute Gasteiger partial charge is 0.494 e. The molecular formula is C24H23BrN2O4. The van der Waals surface area contributed by atoms with Crippen molar-refractivity contribution in [1.29, 1.82) is 0 Å². The minimum Gasteiger partial charge on any atom is -0.494 e. The summed E-state index contributed by atoms with van der Waals surface area (Å²) in [5, 5.41) is 4.03. The van der Waals surface area contributed by atoms with Gasteiger partial charge in [0, 0.05) is 10.0 Å². The van der Waals surface area contributed by atoms with E-state index in [-0.39, 0.29) is 5.91 Å². The molecule has 0 saturated carbocycles. The number of nitrogens with one attached hydrogen (secondary N) is 1. The van der Waals surface area contributed by atoms with Gasteiger partial charge in [0.05, 0.1) is 19.9 Å². The lowest BCUT2D eigenvalue weighted by Crippen LogP contribution is -2.17. The van der Waals surface area contributed by atoms with E-state index in [2.05, 4.69) is 26.5 Å². The van der Waals surface area contributed by atoms with Crippen LogP contribution >= 0.6 is 15.9 Å². The van der Waals surface area contributed by atoms with Gasteiger partial charge in [0.2, 0.25) is 0 Å². The molecule has 0 bridgehead atoms. The van der Waals surface area contributed by atoms with Crippen LogP contribution in [0.1, 0.15) is 28.4 Å². The maximum Gasteiger partial charge on any atom is 0.271 e. The van der Waals surface area contributed by atoms with Crippen LogP contribution in [0.25, 0.3) is 0 Å². The molecule has 0 saturated heterocycles. The van der Waals surface area contributed by atoms with E-state index in [1.54, 1.807) is 43.7 Å². The molecule has 1 amide bonds. The normalized spacial score (nSPS) is 10.7. The quantitative estimate of drug-likeness (QED) is 0.336. The molecule has 0 atom stereocenters. The maximum absolute atomic E-state index is 12.2. The van der Waals surface area contributed by atoms with Crippen molar-refractivity contribution in [3.8, 4) is 17.2 Å². The van der Waals surface area contributed by atoms with Gasteiger partial charge in [-0.2, -0.15) is 5.10 Å². The van der Waals surface area contributed by atoms with Crippen molar-refractivity contribution in [2.45, 2.75) is 13.5 Å². The summed E-state index contributed by atoms with van der Waals surface area (Å²) < 4.78 is 17.7. The minimum atomic E-state index is -0.305. The average molecular weight is 483 g/mol. The summed E-state index contributed by atoms with van der Waals surface area (Å²) in [5.74, 6) is 1.62. The molecule has 31 heavy (non-hydrogen) atoms. The molecule has 7 heteroatoms. The first-order chi connectivity index (χ1) is 15.1. The fraction of sp³-hybridized carbons (Fsp3) is 0.167. The Labute approximate surface area is 190 Å². The van der Waals surface area contributed by atoms with Crippen LogP contribution in [0.2, 0.25) is 0 Å². The van der Waals surface area contributed by atoms with Gasteiger partial charge in [-0.05, 0) is 72.6 Å². The third-order valence-corrected chi connectivity index (χ3v) is 4.83. The summed E-state index contributed by atoms with van der Waals surface area (Å²) in [5.41, 5.74) is 4.82. The molecule has 3 aromatic rings. The number of ether oxygens (including phenoxy) is 3. The zero-order valence-electron chi connectivity index (χ0n) is 17.3. The van der Waals surface area contributed by atoms with E-state index >= 15 is 0 Å². The molecule has 0 radical (unpaired) electrons. The maximum atomic E-state index is 12.2. The van der Waals surface area contributed by atoms with Crippen molar-refractivity contribution in [2.24, 2.45) is 5.10 Å². The predicted molar refractivity (Wildman–Crippen MR) is 124 cm³/mol. The Kier molecular flexibility index (Phi) is 8.06. The van der Waals surface area contributed by atoms with Crippen LogP contribution in [0.15, 0.2) is 76.3 Å². The first kappa shape index (κ1) is 22.4. The number of amides is 1. The number of rotatable bonds is 9. The van der Waals surface area contributed by atoms with Gasteiger partial charge in [0.1, 0.15) is 12.4 Å². The standard InChI is InChI=1S/C24H23BrN2O4/c1-3-30-21-11-7-19(8-12-21)24(28)27-26-15-18-6-13-22(23(14-18)29-2)31-16-17-4-9-20(25)10-5-17/h4-15H,3,16H2,1-2H3,(H,27,28)/b26-15+. The van der Waals surface area contributed by atoms with Crippen molar-refractivity contribution >= 4 is 28.1 Å². The molecule has 0 fully saturated rings. The van der Waals surface area contributed by atoms with Crippen LogP contribution in [-0.4, -0.2) is 25.8 Å². The molecule has 0 aliphatic heterocycles. The molecule has 3 aromatic carbocycles. The molecule has 0 unspecified atom stereocenters. The number of hydrogen-bond donors (Lipinski definition) is 1. The average Bonchev–Trinajstić information content (AvgIpc) is 2.79. The highest BCUT2D eigenvalue weighted by Gasteiger charge is 2.07. The van der Waals surface area contributed by atoms with Gasteiger partial charge >= 0.3 is 0 Å². The van der Waals surface area contributed by atoms with Gasteiger partial charge in [0.15, 0.2) is 11.5 Å². The summed E-state index contributed by atoms with van der Waals surface area (Å²) in [6.45, 7) is 2.91. The summed E-state index contributed by atoms with van der Waals surface area (Å²) in [6.07, 6.45) is 1.55. The second kappa shape index (κ2) is 11.2. The Morgan fingerprint density at radius 1 is 1.00 bits per heavy atom. The van der Waals surface area contributed by atoms with Gasteiger partial charge in [-0.3, -0.25) is 4.79 Å². The van der Waals surface area contributed by atoms with Crippen LogP contribution in [0.4, 0.5) is 0 Å².